The van der Waals surface area contributed by atoms with Gasteiger partial charge in [-0.2, -0.15) is 0 Å². The number of aromatic nitrogens is 3. The van der Waals surface area contributed by atoms with Gasteiger partial charge in [0.1, 0.15) is 5.82 Å². The van der Waals surface area contributed by atoms with Crippen molar-refractivity contribution in [3.05, 3.63) is 78.1 Å². The van der Waals surface area contributed by atoms with Crippen LogP contribution in [0.3, 0.4) is 0 Å². The lowest BCUT2D eigenvalue weighted by Crippen LogP contribution is -2.28. The van der Waals surface area contributed by atoms with Crippen LogP contribution in [0.4, 0.5) is 5.82 Å². The molecule has 0 aliphatic heterocycles. The molecule has 0 aliphatic carbocycles. The molecule has 2 heterocycles. The summed E-state index contributed by atoms with van der Waals surface area (Å²) in [6.45, 7) is 0.327. The fourth-order valence-corrected chi connectivity index (χ4v) is 4.98. The van der Waals surface area contributed by atoms with Gasteiger partial charge in [-0.15, -0.1) is 0 Å². The number of methoxy groups -OCH3 is 2. The minimum Gasteiger partial charge on any atom is -0.493 e. The molecule has 12 heteroatoms. The number of fused-ring (bicyclic) bond motifs is 3. The Morgan fingerprint density at radius 3 is 2.38 bits per heavy atom. The summed E-state index contributed by atoms with van der Waals surface area (Å²) >= 11 is 0. The lowest BCUT2D eigenvalue weighted by molar-refractivity contribution is 0.0944. The number of nitrogen functional groups attached to an aromatic ring is 1. The summed E-state index contributed by atoms with van der Waals surface area (Å²) in [4.78, 5) is 21.9. The first-order chi connectivity index (χ1) is 18.7. The van der Waals surface area contributed by atoms with E-state index in [4.69, 9.17) is 20.3 Å². The second-order valence-corrected chi connectivity index (χ2v) is 10.3. The Labute approximate surface area is 224 Å². The molecule has 0 radical (unpaired) electrons. The Hall–Kier alpha value is -4.68. The van der Waals surface area contributed by atoms with Gasteiger partial charge in [0, 0.05) is 17.6 Å². The fourth-order valence-electron chi connectivity index (χ4n) is 4.46. The van der Waals surface area contributed by atoms with Crippen LogP contribution < -0.4 is 25.7 Å². The molecule has 0 unspecified atom stereocenters. The van der Waals surface area contributed by atoms with E-state index in [1.165, 1.54) is 12.1 Å². The van der Waals surface area contributed by atoms with Crippen LogP contribution in [-0.2, 0) is 16.4 Å². The highest BCUT2D eigenvalue weighted by molar-refractivity contribution is 7.89. The van der Waals surface area contributed by atoms with Gasteiger partial charge in [-0.05, 0) is 54.4 Å². The predicted molar refractivity (Wildman–Crippen MR) is 148 cm³/mol. The number of carbonyl (C=O) groups excluding carboxylic acids is 1. The molecule has 0 aliphatic rings. The second kappa shape index (κ2) is 10.2. The maximum absolute atomic E-state index is 13.0. The van der Waals surface area contributed by atoms with Gasteiger partial charge in [-0.25, -0.2) is 23.5 Å². The number of rotatable bonds is 8. The molecule has 2 aromatic heterocycles. The van der Waals surface area contributed by atoms with Gasteiger partial charge in [-0.1, -0.05) is 24.3 Å². The number of anilines is 1. The van der Waals surface area contributed by atoms with Crippen molar-refractivity contribution in [1.29, 1.82) is 0 Å². The van der Waals surface area contributed by atoms with Crippen LogP contribution in [0.1, 0.15) is 16.2 Å². The van der Waals surface area contributed by atoms with Crippen molar-refractivity contribution in [1.82, 2.24) is 19.9 Å². The van der Waals surface area contributed by atoms with E-state index < -0.39 is 15.9 Å². The Bertz CT molecular complexity index is 1820. The second-order valence-electron chi connectivity index (χ2n) is 8.72. The number of primary sulfonamides is 1. The van der Waals surface area contributed by atoms with Crippen molar-refractivity contribution < 1.29 is 22.7 Å². The van der Waals surface area contributed by atoms with E-state index in [0.29, 0.717) is 41.2 Å². The summed E-state index contributed by atoms with van der Waals surface area (Å²) in [5.74, 6) is 0.814. The molecule has 0 atom stereocenters. The first kappa shape index (κ1) is 25.9. The van der Waals surface area contributed by atoms with E-state index in [2.05, 4.69) is 15.3 Å². The highest BCUT2D eigenvalue weighted by Gasteiger charge is 2.21. The number of ether oxygens (including phenoxy) is 2. The van der Waals surface area contributed by atoms with Crippen molar-refractivity contribution in [2.45, 2.75) is 11.3 Å². The number of hydrogen-bond donors (Lipinski definition) is 3. The number of nitrogens with two attached hydrogens (primary N) is 2. The molecule has 0 fully saturated rings. The average Bonchev–Trinajstić information content (AvgIpc) is 3.27. The number of sulfonamides is 1. The molecule has 0 saturated heterocycles. The molecule has 5 aromatic rings. The van der Waals surface area contributed by atoms with Crippen LogP contribution in [0.2, 0.25) is 0 Å². The van der Waals surface area contributed by atoms with Crippen LogP contribution in [0.5, 0.6) is 11.5 Å². The molecule has 0 spiro atoms. The number of nitrogens with one attached hydrogen (secondary N) is 1. The lowest BCUT2D eigenvalue weighted by Gasteiger charge is -2.11. The molecule has 200 valence electrons. The van der Waals surface area contributed by atoms with Crippen LogP contribution in [0, 0.1) is 0 Å². The number of carbonyl (C=O) groups is 1. The standard InChI is InChI=1S/C27H26N6O5S/c1-37-21-12-7-16(15-22(21)38-2)13-14-30-27(34)25-31-24(28)23-19-5-3-4-6-20(19)33(26(23)32-25)17-8-10-18(11-9-17)39(29,35)36/h3-12,15H,13-14H2,1-2H3,(H,30,34)(H2,28,31,32)(H2,29,35,36). The van der Waals surface area contributed by atoms with E-state index in [-0.39, 0.29) is 16.5 Å². The molecular weight excluding hydrogens is 520 g/mol. The third kappa shape index (κ3) is 4.94. The van der Waals surface area contributed by atoms with Crippen molar-refractivity contribution in [3.8, 4) is 17.2 Å². The zero-order valence-electron chi connectivity index (χ0n) is 21.2. The average molecular weight is 547 g/mol. The van der Waals surface area contributed by atoms with E-state index in [1.54, 1.807) is 30.9 Å². The van der Waals surface area contributed by atoms with Crippen LogP contribution in [0.25, 0.3) is 27.6 Å². The topological polar surface area (TPSA) is 164 Å². The van der Waals surface area contributed by atoms with Crippen LogP contribution >= 0.6 is 0 Å². The number of benzene rings is 3. The maximum Gasteiger partial charge on any atom is 0.289 e. The fraction of sp³-hybridized carbons (Fsp3) is 0.148. The molecule has 11 nitrogen and oxygen atoms in total. The van der Waals surface area contributed by atoms with E-state index in [9.17, 15) is 13.2 Å². The van der Waals surface area contributed by atoms with Gasteiger partial charge in [0.2, 0.25) is 15.8 Å². The third-order valence-corrected chi connectivity index (χ3v) is 7.25. The van der Waals surface area contributed by atoms with Crippen molar-refractivity contribution in [2.75, 3.05) is 26.5 Å². The highest BCUT2D eigenvalue weighted by atomic mass is 32.2. The molecule has 5 N–H and O–H groups in total. The first-order valence-electron chi connectivity index (χ1n) is 11.9. The van der Waals surface area contributed by atoms with Gasteiger partial charge in [0.25, 0.3) is 5.91 Å². The third-order valence-electron chi connectivity index (χ3n) is 6.32. The lowest BCUT2D eigenvalue weighted by atomic mass is 10.1. The molecular formula is C27H26N6O5S. The van der Waals surface area contributed by atoms with E-state index >= 15 is 0 Å². The zero-order chi connectivity index (χ0) is 27.7. The van der Waals surface area contributed by atoms with Gasteiger partial charge < -0.3 is 20.5 Å². The van der Waals surface area contributed by atoms with Gasteiger partial charge in [-0.3, -0.25) is 9.36 Å². The summed E-state index contributed by atoms with van der Waals surface area (Å²) in [5.41, 5.74) is 9.10. The summed E-state index contributed by atoms with van der Waals surface area (Å²) in [6.07, 6.45) is 0.542. The zero-order valence-corrected chi connectivity index (χ0v) is 22.0. The van der Waals surface area contributed by atoms with Crippen LogP contribution in [-0.4, -0.2) is 49.6 Å². The highest BCUT2D eigenvalue weighted by Crippen LogP contribution is 2.34. The number of para-hydroxylation sites is 1. The Balaban J connectivity index is 1.48. The molecule has 39 heavy (non-hydrogen) atoms. The normalized spacial score (nSPS) is 11.6. The minimum atomic E-state index is -3.86. The summed E-state index contributed by atoms with van der Waals surface area (Å²) in [6, 6.07) is 19.1. The monoisotopic (exact) mass is 546 g/mol. The number of hydrogen-bond acceptors (Lipinski definition) is 8. The Kier molecular flexibility index (Phi) is 6.81. The maximum atomic E-state index is 13.0. The minimum absolute atomic E-state index is 0.0179. The van der Waals surface area contributed by atoms with Crippen molar-refractivity contribution in [3.63, 3.8) is 0 Å². The molecule has 1 amide bonds. The largest absolute Gasteiger partial charge is 0.493 e. The Morgan fingerprint density at radius 2 is 1.69 bits per heavy atom. The quantitative estimate of drug-likeness (QED) is 0.267. The molecule has 0 saturated carbocycles. The molecule has 5 rings (SSSR count). The van der Waals surface area contributed by atoms with Gasteiger partial charge in [0.05, 0.1) is 30.0 Å². The Morgan fingerprint density at radius 1 is 0.974 bits per heavy atom. The summed E-state index contributed by atoms with van der Waals surface area (Å²) < 4.78 is 35.9. The van der Waals surface area contributed by atoms with Crippen molar-refractivity contribution in [2.24, 2.45) is 5.14 Å². The van der Waals surface area contributed by atoms with Gasteiger partial charge in [0.15, 0.2) is 17.1 Å². The number of amides is 1. The summed E-state index contributed by atoms with van der Waals surface area (Å²) in [7, 11) is -0.722. The first-order valence-corrected chi connectivity index (χ1v) is 13.4. The van der Waals surface area contributed by atoms with Crippen molar-refractivity contribution >= 4 is 43.7 Å². The van der Waals surface area contributed by atoms with Crippen LogP contribution in [0.15, 0.2) is 71.6 Å². The predicted octanol–water partition coefficient (Wildman–Crippen LogP) is 2.79. The summed E-state index contributed by atoms with van der Waals surface area (Å²) in [5, 5.41) is 9.48. The van der Waals surface area contributed by atoms with E-state index in [1.807, 2.05) is 42.5 Å². The molecule has 3 aromatic carbocycles. The molecule has 0 bridgehead atoms. The SMILES string of the molecule is COc1ccc(CCNC(=O)c2nc(N)c3c4ccccc4n(-c4ccc(S(N)(=O)=O)cc4)c3n2)cc1OC. The smallest absolute Gasteiger partial charge is 0.289 e. The van der Waals surface area contributed by atoms with E-state index in [0.717, 1.165) is 16.5 Å². The number of nitrogens with zero attached hydrogens (tertiary/aromatic N) is 3. The van der Waals surface area contributed by atoms with Gasteiger partial charge >= 0.3 is 0 Å².